The Balaban J connectivity index is 2.48. The van der Waals surface area contributed by atoms with E-state index in [1.165, 1.54) is 38.5 Å². The van der Waals surface area contributed by atoms with E-state index in [1.54, 1.807) is 0 Å². The summed E-state index contributed by atoms with van der Waals surface area (Å²) in [5, 5.41) is 3.75. The van der Waals surface area contributed by atoms with Crippen LogP contribution in [0.2, 0.25) is 0 Å². The lowest BCUT2D eigenvalue weighted by Crippen LogP contribution is -2.56. The average molecular weight is 212 g/mol. The van der Waals surface area contributed by atoms with Gasteiger partial charge < -0.3 is 11.1 Å². The maximum absolute atomic E-state index is 5.97. The van der Waals surface area contributed by atoms with Gasteiger partial charge in [-0.1, -0.05) is 20.3 Å². The lowest BCUT2D eigenvalue weighted by Gasteiger charge is -2.42. The predicted octanol–water partition coefficient (Wildman–Crippen LogP) is 2.67. The maximum Gasteiger partial charge on any atom is 0.0306 e. The molecule has 0 amide bonds. The normalized spacial score (nSPS) is 34.0. The van der Waals surface area contributed by atoms with Crippen molar-refractivity contribution in [2.24, 2.45) is 11.7 Å². The molecule has 1 saturated carbocycles. The van der Waals surface area contributed by atoms with Gasteiger partial charge in [-0.25, -0.2) is 0 Å². The molecule has 3 N–H and O–H groups in total. The first-order valence-electron chi connectivity index (χ1n) is 6.63. The van der Waals surface area contributed by atoms with Crippen LogP contribution in [0.4, 0.5) is 0 Å². The zero-order chi connectivity index (χ0) is 11.3. The van der Waals surface area contributed by atoms with Crippen molar-refractivity contribution in [3.05, 3.63) is 0 Å². The molecular weight excluding hydrogens is 184 g/mol. The van der Waals surface area contributed by atoms with Crippen molar-refractivity contribution in [2.75, 3.05) is 6.54 Å². The maximum atomic E-state index is 5.97. The molecule has 1 atom stereocenters. The fraction of sp³-hybridized carbons (Fsp3) is 1.00. The highest BCUT2D eigenvalue weighted by molar-refractivity contribution is 4.94. The van der Waals surface area contributed by atoms with Crippen molar-refractivity contribution in [3.63, 3.8) is 0 Å². The highest BCUT2D eigenvalue weighted by atomic mass is 15.0. The van der Waals surface area contributed by atoms with Crippen LogP contribution in [0.25, 0.3) is 0 Å². The Morgan fingerprint density at radius 3 is 2.33 bits per heavy atom. The minimum atomic E-state index is 0.251. The largest absolute Gasteiger partial charge is 0.329 e. The Kier molecular flexibility index (Phi) is 5.07. The van der Waals surface area contributed by atoms with Crippen LogP contribution in [-0.2, 0) is 0 Å². The minimum Gasteiger partial charge on any atom is -0.329 e. The Morgan fingerprint density at radius 1 is 1.33 bits per heavy atom. The van der Waals surface area contributed by atoms with E-state index < -0.39 is 0 Å². The predicted molar refractivity (Wildman–Crippen MR) is 66.9 cm³/mol. The second kappa shape index (κ2) is 5.86. The van der Waals surface area contributed by atoms with Crippen LogP contribution in [0.15, 0.2) is 0 Å². The first-order valence-corrected chi connectivity index (χ1v) is 6.63. The molecule has 2 heteroatoms. The fourth-order valence-electron chi connectivity index (χ4n) is 2.67. The van der Waals surface area contributed by atoms with Crippen molar-refractivity contribution < 1.29 is 0 Å². The van der Waals surface area contributed by atoms with Crippen molar-refractivity contribution in [3.8, 4) is 0 Å². The van der Waals surface area contributed by atoms with Crippen LogP contribution in [0.3, 0.4) is 0 Å². The topological polar surface area (TPSA) is 38.0 Å². The van der Waals surface area contributed by atoms with E-state index in [1.807, 2.05) is 0 Å². The van der Waals surface area contributed by atoms with Crippen molar-refractivity contribution in [1.29, 1.82) is 0 Å². The summed E-state index contributed by atoms with van der Waals surface area (Å²) in [4.78, 5) is 0. The van der Waals surface area contributed by atoms with Gasteiger partial charge in [0.1, 0.15) is 0 Å². The Labute approximate surface area is 95.0 Å². The summed E-state index contributed by atoms with van der Waals surface area (Å²) >= 11 is 0. The number of nitrogens with one attached hydrogen (secondary N) is 1. The van der Waals surface area contributed by atoms with Gasteiger partial charge in [-0.3, -0.25) is 0 Å². The second-order valence-corrected chi connectivity index (χ2v) is 5.29. The van der Waals surface area contributed by atoms with E-state index in [0.29, 0.717) is 6.04 Å². The van der Waals surface area contributed by atoms with E-state index in [2.05, 4.69) is 26.1 Å². The summed E-state index contributed by atoms with van der Waals surface area (Å²) in [7, 11) is 0. The zero-order valence-electron chi connectivity index (χ0n) is 10.7. The Morgan fingerprint density at radius 2 is 1.93 bits per heavy atom. The monoisotopic (exact) mass is 212 g/mol. The number of rotatable bonds is 5. The summed E-state index contributed by atoms with van der Waals surface area (Å²) < 4.78 is 0. The fourth-order valence-corrected chi connectivity index (χ4v) is 2.67. The Hall–Kier alpha value is -0.0800. The van der Waals surface area contributed by atoms with E-state index >= 15 is 0 Å². The standard InChI is InChI=1S/C13H28N2/c1-4-11(3)15-13(10-14)8-6-12(5-2)7-9-13/h11-12,15H,4-10,14H2,1-3H3. The molecule has 15 heavy (non-hydrogen) atoms. The molecule has 1 rings (SSSR count). The number of hydrogen-bond acceptors (Lipinski definition) is 2. The van der Waals surface area contributed by atoms with Gasteiger partial charge in [-0.2, -0.15) is 0 Å². The van der Waals surface area contributed by atoms with Gasteiger partial charge in [0, 0.05) is 18.1 Å². The molecule has 0 aromatic rings. The van der Waals surface area contributed by atoms with Gasteiger partial charge in [-0.15, -0.1) is 0 Å². The quantitative estimate of drug-likeness (QED) is 0.735. The lowest BCUT2D eigenvalue weighted by molar-refractivity contribution is 0.175. The van der Waals surface area contributed by atoms with E-state index in [0.717, 1.165) is 12.5 Å². The average Bonchev–Trinajstić information content (AvgIpc) is 2.30. The Bertz CT molecular complexity index is 171. The van der Waals surface area contributed by atoms with E-state index in [4.69, 9.17) is 5.73 Å². The molecule has 0 spiro atoms. The third kappa shape index (κ3) is 3.46. The van der Waals surface area contributed by atoms with Crippen LogP contribution < -0.4 is 11.1 Å². The molecule has 0 aliphatic heterocycles. The van der Waals surface area contributed by atoms with Crippen molar-refractivity contribution in [2.45, 2.75) is 70.9 Å². The van der Waals surface area contributed by atoms with E-state index in [9.17, 15) is 0 Å². The molecule has 0 saturated heterocycles. The molecule has 2 nitrogen and oxygen atoms in total. The number of nitrogens with two attached hydrogens (primary N) is 1. The highest BCUT2D eigenvalue weighted by Crippen LogP contribution is 2.33. The summed E-state index contributed by atoms with van der Waals surface area (Å²) in [6, 6.07) is 0.603. The molecular formula is C13H28N2. The van der Waals surface area contributed by atoms with E-state index in [-0.39, 0.29) is 5.54 Å². The van der Waals surface area contributed by atoms with Gasteiger partial charge in [0.15, 0.2) is 0 Å². The molecule has 1 aliphatic carbocycles. The minimum absolute atomic E-state index is 0.251. The molecule has 0 aromatic heterocycles. The molecule has 1 fully saturated rings. The third-order valence-electron chi connectivity index (χ3n) is 4.20. The summed E-state index contributed by atoms with van der Waals surface area (Å²) in [6.07, 6.45) is 7.79. The van der Waals surface area contributed by atoms with Gasteiger partial charge in [0.2, 0.25) is 0 Å². The van der Waals surface area contributed by atoms with Gasteiger partial charge in [0.05, 0.1) is 0 Å². The van der Waals surface area contributed by atoms with Crippen LogP contribution in [0, 0.1) is 5.92 Å². The molecule has 1 aliphatic rings. The van der Waals surface area contributed by atoms with Gasteiger partial charge in [-0.05, 0) is 44.9 Å². The van der Waals surface area contributed by atoms with Crippen molar-refractivity contribution in [1.82, 2.24) is 5.32 Å². The van der Waals surface area contributed by atoms with Crippen molar-refractivity contribution >= 4 is 0 Å². The summed E-state index contributed by atoms with van der Waals surface area (Å²) in [6.45, 7) is 7.61. The first-order chi connectivity index (χ1) is 7.15. The second-order valence-electron chi connectivity index (χ2n) is 5.29. The zero-order valence-corrected chi connectivity index (χ0v) is 10.7. The molecule has 0 aromatic carbocycles. The van der Waals surface area contributed by atoms with Crippen LogP contribution in [0.1, 0.15) is 59.3 Å². The first kappa shape index (κ1) is 13.0. The smallest absolute Gasteiger partial charge is 0.0306 e. The van der Waals surface area contributed by atoms with Crippen LogP contribution in [-0.4, -0.2) is 18.1 Å². The van der Waals surface area contributed by atoms with Gasteiger partial charge >= 0.3 is 0 Å². The summed E-state index contributed by atoms with van der Waals surface area (Å²) in [5.74, 6) is 0.948. The molecule has 90 valence electrons. The van der Waals surface area contributed by atoms with Crippen LogP contribution in [0.5, 0.6) is 0 Å². The molecule has 0 bridgehead atoms. The summed E-state index contributed by atoms with van der Waals surface area (Å²) in [5.41, 5.74) is 6.22. The third-order valence-corrected chi connectivity index (χ3v) is 4.20. The number of hydrogen-bond donors (Lipinski definition) is 2. The van der Waals surface area contributed by atoms with Crippen LogP contribution >= 0.6 is 0 Å². The van der Waals surface area contributed by atoms with Gasteiger partial charge in [0.25, 0.3) is 0 Å². The molecule has 0 heterocycles. The SMILES string of the molecule is CCC1CCC(CN)(NC(C)CC)CC1. The molecule has 0 radical (unpaired) electrons. The molecule has 1 unspecified atom stereocenters. The lowest BCUT2D eigenvalue weighted by atomic mass is 9.75. The highest BCUT2D eigenvalue weighted by Gasteiger charge is 2.33.